The van der Waals surface area contributed by atoms with Crippen molar-refractivity contribution in [2.75, 3.05) is 0 Å². The Balaban J connectivity index is 1.64. The lowest BCUT2D eigenvalue weighted by Gasteiger charge is -2.14. The molecule has 4 aromatic rings. The summed E-state index contributed by atoms with van der Waals surface area (Å²) in [6.45, 7) is 8.20. The summed E-state index contributed by atoms with van der Waals surface area (Å²) in [6, 6.07) is 16.1. The van der Waals surface area contributed by atoms with Crippen LogP contribution in [0, 0.1) is 20.8 Å². The lowest BCUT2D eigenvalue weighted by atomic mass is 10.1. The van der Waals surface area contributed by atoms with Crippen molar-refractivity contribution in [2.24, 2.45) is 0 Å². The van der Waals surface area contributed by atoms with Crippen LogP contribution in [0.4, 0.5) is 0 Å². The molecule has 0 saturated heterocycles. The average Bonchev–Trinajstić information content (AvgIpc) is 3.34. The number of thioether (sulfide) groups is 1. The van der Waals surface area contributed by atoms with Crippen molar-refractivity contribution in [3.05, 3.63) is 77.2 Å². The van der Waals surface area contributed by atoms with Crippen LogP contribution in [0.3, 0.4) is 0 Å². The number of hydrogen-bond acceptors (Lipinski definition) is 7. The quantitative estimate of drug-likeness (QED) is 0.388. The minimum absolute atomic E-state index is 0.0646. The molecule has 0 radical (unpaired) electrons. The average molecular weight is 422 g/mol. The van der Waals surface area contributed by atoms with Crippen LogP contribution in [0.5, 0.6) is 5.75 Å². The zero-order chi connectivity index (χ0) is 21.1. The van der Waals surface area contributed by atoms with Gasteiger partial charge in [-0.05, 0) is 51.0 Å². The number of aryl methyl sites for hydroxylation is 3. The fourth-order valence-corrected chi connectivity index (χ4v) is 4.07. The number of nitrogens with zero attached hydrogens (tertiary/aromatic N) is 5. The van der Waals surface area contributed by atoms with Crippen LogP contribution in [0.1, 0.15) is 40.8 Å². The molecule has 0 N–H and O–H groups in total. The Morgan fingerprint density at radius 3 is 2.40 bits per heavy atom. The molecule has 30 heavy (non-hydrogen) atoms. The lowest BCUT2D eigenvalue weighted by molar-refractivity contribution is 0.289. The molecule has 0 aliphatic heterocycles. The molecule has 2 heterocycles. The number of ether oxygens (including phenoxy) is 1. The van der Waals surface area contributed by atoms with Crippen LogP contribution in [0.15, 0.2) is 58.2 Å². The van der Waals surface area contributed by atoms with E-state index in [0.29, 0.717) is 18.3 Å². The maximum absolute atomic E-state index is 6.15. The molecule has 0 saturated carbocycles. The summed E-state index contributed by atoms with van der Waals surface area (Å²) in [5.41, 5.74) is 3.16. The maximum Gasteiger partial charge on any atom is 0.239 e. The SMILES string of the molecule is Cc1noc(C(C)Sc2nnc(COc3c(C)cccc3C)n2-c2ccccc2)n1. The van der Waals surface area contributed by atoms with Gasteiger partial charge in [0.1, 0.15) is 12.4 Å². The Bertz CT molecular complexity index is 1120. The number of benzene rings is 2. The molecule has 0 amide bonds. The van der Waals surface area contributed by atoms with E-state index in [1.165, 1.54) is 11.8 Å². The third kappa shape index (κ3) is 4.23. The summed E-state index contributed by atoms with van der Waals surface area (Å²) in [7, 11) is 0. The van der Waals surface area contributed by atoms with Crippen molar-refractivity contribution in [1.29, 1.82) is 0 Å². The zero-order valence-electron chi connectivity index (χ0n) is 17.4. The highest BCUT2D eigenvalue weighted by Crippen LogP contribution is 2.34. The van der Waals surface area contributed by atoms with Crippen LogP contribution in [0.25, 0.3) is 5.69 Å². The predicted octanol–water partition coefficient (Wildman–Crippen LogP) is 5.01. The van der Waals surface area contributed by atoms with Gasteiger partial charge in [0.2, 0.25) is 5.89 Å². The molecule has 2 aromatic carbocycles. The van der Waals surface area contributed by atoms with E-state index in [2.05, 4.69) is 20.3 Å². The van der Waals surface area contributed by atoms with Crippen molar-refractivity contribution in [3.63, 3.8) is 0 Å². The normalized spacial score (nSPS) is 12.1. The van der Waals surface area contributed by atoms with E-state index in [9.17, 15) is 0 Å². The molecule has 0 fully saturated rings. The molecule has 0 bridgehead atoms. The van der Waals surface area contributed by atoms with E-state index in [1.807, 2.05) is 73.9 Å². The Labute approximate surface area is 179 Å². The van der Waals surface area contributed by atoms with Crippen molar-refractivity contribution >= 4 is 11.8 Å². The first-order valence-corrected chi connectivity index (χ1v) is 10.6. The van der Waals surface area contributed by atoms with E-state index < -0.39 is 0 Å². The smallest absolute Gasteiger partial charge is 0.239 e. The van der Waals surface area contributed by atoms with Crippen LogP contribution < -0.4 is 4.74 Å². The molecule has 2 aromatic heterocycles. The van der Waals surface area contributed by atoms with Gasteiger partial charge in [-0.25, -0.2) is 0 Å². The summed E-state index contributed by atoms with van der Waals surface area (Å²) >= 11 is 1.52. The van der Waals surface area contributed by atoms with Gasteiger partial charge in [-0.1, -0.05) is 53.3 Å². The van der Waals surface area contributed by atoms with Crippen molar-refractivity contribution in [2.45, 2.75) is 44.7 Å². The number of aromatic nitrogens is 5. The highest BCUT2D eigenvalue weighted by Gasteiger charge is 2.21. The van der Waals surface area contributed by atoms with Crippen molar-refractivity contribution in [3.8, 4) is 11.4 Å². The first-order chi connectivity index (χ1) is 14.5. The molecular weight excluding hydrogens is 398 g/mol. The van der Waals surface area contributed by atoms with Gasteiger partial charge in [0.05, 0.1) is 5.25 Å². The second kappa shape index (κ2) is 8.71. The fraction of sp³-hybridized carbons (Fsp3) is 0.273. The van der Waals surface area contributed by atoms with Gasteiger partial charge in [0.25, 0.3) is 0 Å². The van der Waals surface area contributed by atoms with Crippen LogP contribution in [-0.4, -0.2) is 24.9 Å². The van der Waals surface area contributed by atoms with E-state index in [1.54, 1.807) is 6.92 Å². The molecule has 0 aliphatic carbocycles. The Kier molecular flexibility index (Phi) is 5.85. The van der Waals surface area contributed by atoms with E-state index >= 15 is 0 Å². The second-order valence-corrected chi connectivity index (χ2v) is 8.33. The topological polar surface area (TPSA) is 78.9 Å². The van der Waals surface area contributed by atoms with Crippen molar-refractivity contribution < 1.29 is 9.26 Å². The van der Waals surface area contributed by atoms with Gasteiger partial charge in [0.15, 0.2) is 16.8 Å². The number of para-hydroxylation sites is 2. The molecule has 4 rings (SSSR count). The third-order valence-corrected chi connectivity index (χ3v) is 5.67. The van der Waals surface area contributed by atoms with Crippen molar-refractivity contribution in [1.82, 2.24) is 24.9 Å². The third-order valence-electron chi connectivity index (χ3n) is 4.64. The summed E-state index contributed by atoms with van der Waals surface area (Å²) < 4.78 is 13.5. The van der Waals surface area contributed by atoms with Gasteiger partial charge in [-0.2, -0.15) is 4.98 Å². The maximum atomic E-state index is 6.15. The Morgan fingerprint density at radius 2 is 1.73 bits per heavy atom. The van der Waals surface area contributed by atoms with Crippen LogP contribution in [0.2, 0.25) is 0 Å². The molecule has 0 aliphatic rings. The molecular formula is C22H23N5O2S. The molecule has 8 heteroatoms. The highest BCUT2D eigenvalue weighted by molar-refractivity contribution is 7.99. The van der Waals surface area contributed by atoms with Gasteiger partial charge >= 0.3 is 0 Å². The number of hydrogen-bond donors (Lipinski definition) is 0. The summed E-state index contributed by atoms with van der Waals surface area (Å²) in [5, 5.41) is 13.4. The van der Waals surface area contributed by atoms with E-state index in [-0.39, 0.29) is 5.25 Å². The zero-order valence-corrected chi connectivity index (χ0v) is 18.2. The predicted molar refractivity (Wildman–Crippen MR) is 115 cm³/mol. The standard InChI is InChI=1S/C22H23N5O2S/c1-14-9-8-10-15(2)20(14)28-13-19-24-25-22(27(19)18-11-6-5-7-12-18)30-16(3)21-23-17(4)26-29-21/h5-12,16H,13H2,1-4H3. The van der Waals surface area contributed by atoms with Crippen LogP contribution >= 0.6 is 11.8 Å². The second-order valence-electron chi connectivity index (χ2n) is 7.02. The van der Waals surface area contributed by atoms with E-state index in [4.69, 9.17) is 9.26 Å². The van der Waals surface area contributed by atoms with Crippen LogP contribution in [-0.2, 0) is 6.61 Å². The lowest BCUT2D eigenvalue weighted by Crippen LogP contribution is -2.08. The molecule has 1 unspecified atom stereocenters. The Hall–Kier alpha value is -3.13. The number of rotatable bonds is 7. The van der Waals surface area contributed by atoms with Gasteiger partial charge in [0, 0.05) is 5.69 Å². The highest BCUT2D eigenvalue weighted by atomic mass is 32.2. The minimum Gasteiger partial charge on any atom is -0.485 e. The van der Waals surface area contributed by atoms with E-state index in [0.717, 1.165) is 33.5 Å². The van der Waals surface area contributed by atoms with Gasteiger partial charge < -0.3 is 9.26 Å². The fourth-order valence-electron chi connectivity index (χ4n) is 3.16. The monoisotopic (exact) mass is 421 g/mol. The first kappa shape index (κ1) is 20.2. The first-order valence-electron chi connectivity index (χ1n) is 9.68. The largest absolute Gasteiger partial charge is 0.485 e. The van der Waals surface area contributed by atoms with Gasteiger partial charge in [-0.15, -0.1) is 10.2 Å². The van der Waals surface area contributed by atoms with Gasteiger partial charge in [-0.3, -0.25) is 4.57 Å². The Morgan fingerprint density at radius 1 is 1.00 bits per heavy atom. The minimum atomic E-state index is -0.0646. The summed E-state index contributed by atoms with van der Waals surface area (Å²) in [5.74, 6) is 2.78. The molecule has 0 spiro atoms. The molecule has 1 atom stereocenters. The molecule has 7 nitrogen and oxygen atoms in total. The summed E-state index contributed by atoms with van der Waals surface area (Å²) in [4.78, 5) is 4.33. The molecule has 154 valence electrons. The summed E-state index contributed by atoms with van der Waals surface area (Å²) in [6.07, 6.45) is 0.